The summed E-state index contributed by atoms with van der Waals surface area (Å²) in [5, 5.41) is 2.73. The zero-order chi connectivity index (χ0) is 18.8. The van der Waals surface area contributed by atoms with Crippen LogP contribution < -0.4 is 5.32 Å². The smallest absolute Gasteiger partial charge is 0.253 e. The van der Waals surface area contributed by atoms with E-state index >= 15 is 0 Å². The predicted molar refractivity (Wildman–Crippen MR) is 106 cm³/mol. The van der Waals surface area contributed by atoms with Gasteiger partial charge in [-0.15, -0.1) is 0 Å². The largest absolute Gasteiger partial charge is 0.337 e. The summed E-state index contributed by atoms with van der Waals surface area (Å²) in [4.78, 5) is 28.4. The van der Waals surface area contributed by atoms with E-state index in [1.807, 2.05) is 4.90 Å². The first-order chi connectivity index (χ1) is 13.1. The molecule has 4 rings (SSSR count). The van der Waals surface area contributed by atoms with Gasteiger partial charge in [0, 0.05) is 50.4 Å². The van der Waals surface area contributed by atoms with Crippen molar-refractivity contribution in [3.63, 3.8) is 0 Å². The first-order valence-corrected chi connectivity index (χ1v) is 9.58. The number of benzene rings is 2. The molecule has 0 aromatic heterocycles. The minimum absolute atomic E-state index is 0.0734. The van der Waals surface area contributed by atoms with E-state index in [-0.39, 0.29) is 11.8 Å². The molecule has 5 nitrogen and oxygen atoms in total. The molecule has 2 heterocycles. The normalized spacial score (nSPS) is 19.6. The summed E-state index contributed by atoms with van der Waals surface area (Å²) in [5.74, 6) is -0.0381. The van der Waals surface area contributed by atoms with Crippen LogP contribution in [0.2, 0.25) is 0 Å². The van der Waals surface area contributed by atoms with E-state index in [1.165, 1.54) is 18.1 Å². The van der Waals surface area contributed by atoms with Gasteiger partial charge in [0.15, 0.2) is 0 Å². The molecular weight excluding hydrogens is 338 g/mol. The number of amides is 2. The summed E-state index contributed by atoms with van der Waals surface area (Å²) in [6.07, 6.45) is 2.11. The zero-order valence-corrected chi connectivity index (χ0v) is 15.6. The molecular formula is C22H25N3O2. The van der Waals surface area contributed by atoms with Crippen LogP contribution in [0, 0.1) is 0 Å². The number of hydrogen-bond donors (Lipinski definition) is 1. The average Bonchev–Trinajstić information content (AvgIpc) is 3.17. The maximum atomic E-state index is 12.8. The first kappa shape index (κ1) is 17.7. The molecule has 140 valence electrons. The maximum Gasteiger partial charge on any atom is 0.253 e. The highest BCUT2D eigenvalue weighted by Crippen LogP contribution is 2.25. The second-order valence-electron chi connectivity index (χ2n) is 7.44. The standard InChI is InChI=1S/C22H25N3O2/c1-16(26)23-20-8-6-18(7-9-20)22(27)25-13-11-21(15-25)24-12-10-17-4-2-3-5-19(17)14-24/h2-9,21H,10-15H2,1H3,(H,23,26)/t21-/m1/s1. The van der Waals surface area contributed by atoms with Crippen LogP contribution in [0.25, 0.3) is 0 Å². The van der Waals surface area contributed by atoms with Crippen molar-refractivity contribution in [2.24, 2.45) is 0 Å². The SMILES string of the molecule is CC(=O)Nc1ccc(C(=O)N2CC[C@@H](N3CCc4ccccc4C3)C2)cc1. The van der Waals surface area contributed by atoms with Gasteiger partial charge in [-0.05, 0) is 48.2 Å². The van der Waals surface area contributed by atoms with Gasteiger partial charge in [-0.3, -0.25) is 14.5 Å². The van der Waals surface area contributed by atoms with Gasteiger partial charge in [0.25, 0.3) is 5.91 Å². The van der Waals surface area contributed by atoms with Crippen LogP contribution in [0.3, 0.4) is 0 Å². The third kappa shape index (κ3) is 3.88. The lowest BCUT2D eigenvalue weighted by atomic mass is 9.98. The van der Waals surface area contributed by atoms with E-state index in [0.717, 1.165) is 39.0 Å². The second-order valence-corrected chi connectivity index (χ2v) is 7.44. The van der Waals surface area contributed by atoms with Crippen molar-refractivity contribution < 1.29 is 9.59 Å². The molecule has 2 aromatic carbocycles. The highest BCUT2D eigenvalue weighted by Gasteiger charge is 2.32. The van der Waals surface area contributed by atoms with E-state index in [1.54, 1.807) is 24.3 Å². The number of likely N-dealkylation sites (tertiary alicyclic amines) is 1. The predicted octanol–water partition coefficient (Wildman–Crippen LogP) is 2.92. The van der Waals surface area contributed by atoms with Crippen LogP contribution in [0.15, 0.2) is 48.5 Å². The van der Waals surface area contributed by atoms with Gasteiger partial charge in [0.1, 0.15) is 0 Å². The average molecular weight is 363 g/mol. The maximum absolute atomic E-state index is 12.8. The first-order valence-electron chi connectivity index (χ1n) is 9.58. The van der Waals surface area contributed by atoms with Gasteiger partial charge < -0.3 is 10.2 Å². The molecule has 0 aliphatic carbocycles. The number of carbonyl (C=O) groups excluding carboxylic acids is 2. The molecule has 2 aromatic rings. The number of fused-ring (bicyclic) bond motifs is 1. The number of nitrogens with one attached hydrogen (secondary N) is 1. The van der Waals surface area contributed by atoms with Gasteiger partial charge in [0.2, 0.25) is 5.91 Å². The molecule has 1 N–H and O–H groups in total. The number of rotatable bonds is 3. The van der Waals surface area contributed by atoms with Gasteiger partial charge in [-0.25, -0.2) is 0 Å². The van der Waals surface area contributed by atoms with E-state index < -0.39 is 0 Å². The van der Waals surface area contributed by atoms with Crippen LogP contribution in [-0.4, -0.2) is 47.3 Å². The molecule has 2 amide bonds. The summed E-state index contributed by atoms with van der Waals surface area (Å²) >= 11 is 0. The van der Waals surface area contributed by atoms with Crippen LogP contribution in [0.5, 0.6) is 0 Å². The topological polar surface area (TPSA) is 52.7 Å². The molecule has 2 aliphatic heterocycles. The van der Waals surface area contributed by atoms with Crippen molar-refractivity contribution >= 4 is 17.5 Å². The van der Waals surface area contributed by atoms with E-state index in [0.29, 0.717) is 17.3 Å². The molecule has 2 aliphatic rings. The van der Waals surface area contributed by atoms with Crippen molar-refractivity contribution in [1.82, 2.24) is 9.80 Å². The Morgan fingerprint density at radius 2 is 1.74 bits per heavy atom. The molecule has 0 saturated carbocycles. The molecule has 27 heavy (non-hydrogen) atoms. The van der Waals surface area contributed by atoms with Crippen LogP contribution in [0.1, 0.15) is 34.8 Å². The highest BCUT2D eigenvalue weighted by molar-refractivity contribution is 5.95. The minimum Gasteiger partial charge on any atom is -0.337 e. The fourth-order valence-corrected chi connectivity index (χ4v) is 4.14. The van der Waals surface area contributed by atoms with Crippen molar-refractivity contribution in [3.05, 3.63) is 65.2 Å². The number of anilines is 1. The Labute approximate surface area is 160 Å². The summed E-state index contributed by atoms with van der Waals surface area (Å²) in [6, 6.07) is 16.2. The Hall–Kier alpha value is -2.66. The molecule has 0 unspecified atom stereocenters. The molecule has 0 bridgehead atoms. The Kier molecular flexibility index (Phi) is 4.94. The van der Waals surface area contributed by atoms with E-state index in [9.17, 15) is 9.59 Å². The van der Waals surface area contributed by atoms with Gasteiger partial charge in [0.05, 0.1) is 0 Å². The quantitative estimate of drug-likeness (QED) is 0.912. The molecule has 0 radical (unpaired) electrons. The lowest BCUT2D eigenvalue weighted by molar-refractivity contribution is -0.114. The lowest BCUT2D eigenvalue weighted by Crippen LogP contribution is -2.41. The third-order valence-electron chi connectivity index (χ3n) is 5.58. The molecule has 5 heteroatoms. The number of nitrogens with zero attached hydrogens (tertiary/aromatic N) is 2. The Bertz CT molecular complexity index is 847. The fraction of sp³-hybridized carbons (Fsp3) is 0.364. The Balaban J connectivity index is 1.38. The fourth-order valence-electron chi connectivity index (χ4n) is 4.14. The van der Waals surface area contributed by atoms with Crippen LogP contribution in [0.4, 0.5) is 5.69 Å². The van der Waals surface area contributed by atoms with Gasteiger partial charge in [-0.2, -0.15) is 0 Å². The zero-order valence-electron chi connectivity index (χ0n) is 15.6. The summed E-state index contributed by atoms with van der Waals surface area (Å²) < 4.78 is 0. The molecule has 0 spiro atoms. The minimum atomic E-state index is -0.112. The van der Waals surface area contributed by atoms with Crippen molar-refractivity contribution in [2.75, 3.05) is 25.0 Å². The summed E-state index contributed by atoms with van der Waals surface area (Å²) in [6.45, 7) is 5.11. The third-order valence-corrected chi connectivity index (χ3v) is 5.58. The second kappa shape index (κ2) is 7.53. The van der Waals surface area contributed by atoms with E-state index in [2.05, 4.69) is 34.5 Å². The summed E-state index contributed by atoms with van der Waals surface area (Å²) in [5.41, 5.74) is 4.26. The van der Waals surface area contributed by atoms with Gasteiger partial charge in [-0.1, -0.05) is 24.3 Å². The lowest BCUT2D eigenvalue weighted by Gasteiger charge is -2.33. The van der Waals surface area contributed by atoms with E-state index in [4.69, 9.17) is 0 Å². The molecule has 1 saturated heterocycles. The van der Waals surface area contributed by atoms with Crippen molar-refractivity contribution in [2.45, 2.75) is 32.4 Å². The monoisotopic (exact) mass is 363 g/mol. The number of hydrogen-bond acceptors (Lipinski definition) is 3. The number of carbonyl (C=O) groups is 2. The Morgan fingerprint density at radius 3 is 2.48 bits per heavy atom. The molecule has 1 fully saturated rings. The highest BCUT2D eigenvalue weighted by atomic mass is 16.2. The Morgan fingerprint density at radius 1 is 1.00 bits per heavy atom. The van der Waals surface area contributed by atoms with Crippen LogP contribution in [-0.2, 0) is 17.8 Å². The molecule has 1 atom stereocenters. The van der Waals surface area contributed by atoms with Crippen molar-refractivity contribution in [3.8, 4) is 0 Å². The van der Waals surface area contributed by atoms with Gasteiger partial charge >= 0.3 is 0 Å². The summed E-state index contributed by atoms with van der Waals surface area (Å²) in [7, 11) is 0. The van der Waals surface area contributed by atoms with Crippen molar-refractivity contribution in [1.29, 1.82) is 0 Å². The van der Waals surface area contributed by atoms with Crippen LogP contribution >= 0.6 is 0 Å².